The van der Waals surface area contributed by atoms with Gasteiger partial charge in [-0.2, -0.15) is 5.26 Å². The molecule has 0 radical (unpaired) electrons. The average Bonchev–Trinajstić information content (AvgIpc) is 3.06. The summed E-state index contributed by atoms with van der Waals surface area (Å²) in [5, 5.41) is 9.66. The first-order chi connectivity index (χ1) is 14.0. The lowest BCUT2D eigenvalue weighted by Gasteiger charge is -2.43. The number of nitriles is 1. The number of ether oxygens (including phenoxy) is 1. The summed E-state index contributed by atoms with van der Waals surface area (Å²) < 4.78 is 7.91. The molecule has 6 heteroatoms. The van der Waals surface area contributed by atoms with Crippen LogP contribution in [0.2, 0.25) is 0 Å². The second-order valence-corrected chi connectivity index (χ2v) is 8.98. The number of fused-ring (bicyclic) bond motifs is 2. The van der Waals surface area contributed by atoms with Gasteiger partial charge in [-0.25, -0.2) is 9.97 Å². The summed E-state index contributed by atoms with van der Waals surface area (Å²) in [6.45, 7) is 9.55. The van der Waals surface area contributed by atoms with Crippen LogP contribution in [0.5, 0.6) is 0 Å². The minimum Gasteiger partial charge on any atom is -0.376 e. The Kier molecular flexibility index (Phi) is 4.11. The van der Waals surface area contributed by atoms with E-state index in [0.717, 1.165) is 47.9 Å². The molecule has 1 fully saturated rings. The number of anilines is 1. The van der Waals surface area contributed by atoms with E-state index in [-0.39, 0.29) is 5.41 Å². The summed E-state index contributed by atoms with van der Waals surface area (Å²) >= 11 is 0. The van der Waals surface area contributed by atoms with Crippen molar-refractivity contribution in [3.05, 3.63) is 53.0 Å². The Bertz CT molecular complexity index is 1130. The topological polar surface area (TPSA) is 67.0 Å². The van der Waals surface area contributed by atoms with Crippen molar-refractivity contribution in [2.45, 2.75) is 45.3 Å². The monoisotopic (exact) mass is 387 g/mol. The predicted molar refractivity (Wildman–Crippen MR) is 112 cm³/mol. The van der Waals surface area contributed by atoms with Gasteiger partial charge in [0.15, 0.2) is 0 Å². The van der Waals surface area contributed by atoms with Crippen molar-refractivity contribution < 1.29 is 4.74 Å². The zero-order valence-corrected chi connectivity index (χ0v) is 17.1. The molecule has 148 valence electrons. The van der Waals surface area contributed by atoms with E-state index < -0.39 is 0 Å². The van der Waals surface area contributed by atoms with Crippen LogP contribution in [-0.2, 0) is 23.2 Å². The molecule has 0 atom stereocenters. The molecule has 0 aliphatic carbocycles. The molecule has 0 N–H and O–H groups in total. The standard InChI is InChI=1S/C23H25N5O/c1-23(2,3)22-26-19-6-4-5-7-20(19)28(22)17-12-27(13-17)21-15(11-24)10-16-14-29-9-8-18(16)25-21/h4-7,10,17H,8-9,12-14H2,1-3H3. The van der Waals surface area contributed by atoms with Crippen LogP contribution in [0, 0.1) is 11.3 Å². The zero-order valence-electron chi connectivity index (χ0n) is 17.1. The average molecular weight is 387 g/mol. The van der Waals surface area contributed by atoms with Crippen LogP contribution in [0.3, 0.4) is 0 Å². The molecule has 5 rings (SSSR count). The van der Waals surface area contributed by atoms with Gasteiger partial charge in [0.1, 0.15) is 17.7 Å². The SMILES string of the molecule is CC(C)(C)c1nc2ccccc2n1C1CN(c2nc3c(cc2C#N)COCC3)C1. The zero-order chi connectivity index (χ0) is 20.2. The van der Waals surface area contributed by atoms with Crippen LogP contribution in [0.25, 0.3) is 11.0 Å². The highest BCUT2D eigenvalue weighted by Crippen LogP contribution is 2.36. The van der Waals surface area contributed by atoms with Gasteiger partial charge in [-0.3, -0.25) is 0 Å². The Morgan fingerprint density at radius 2 is 1.97 bits per heavy atom. The fourth-order valence-corrected chi connectivity index (χ4v) is 4.33. The third-order valence-corrected chi connectivity index (χ3v) is 5.83. The lowest BCUT2D eigenvalue weighted by atomic mass is 9.94. The quantitative estimate of drug-likeness (QED) is 0.670. The number of hydrogen-bond acceptors (Lipinski definition) is 5. The van der Waals surface area contributed by atoms with E-state index in [1.807, 2.05) is 12.1 Å². The van der Waals surface area contributed by atoms with E-state index in [2.05, 4.69) is 54.5 Å². The molecular weight excluding hydrogens is 362 g/mol. The molecule has 0 bridgehead atoms. The second kappa shape index (κ2) is 6.57. The number of imidazole rings is 1. The first kappa shape index (κ1) is 18.1. The predicted octanol–water partition coefficient (Wildman–Crippen LogP) is 3.73. The van der Waals surface area contributed by atoms with Crippen LogP contribution in [0.1, 0.15) is 49.5 Å². The summed E-state index contributed by atoms with van der Waals surface area (Å²) in [4.78, 5) is 12.0. The summed E-state index contributed by atoms with van der Waals surface area (Å²) in [5.74, 6) is 1.92. The van der Waals surface area contributed by atoms with Crippen LogP contribution >= 0.6 is 0 Å². The maximum Gasteiger partial charge on any atom is 0.146 e. The second-order valence-electron chi connectivity index (χ2n) is 8.98. The Labute approximate surface area is 170 Å². The van der Waals surface area contributed by atoms with Gasteiger partial charge in [-0.1, -0.05) is 32.9 Å². The first-order valence-electron chi connectivity index (χ1n) is 10.2. The number of nitrogens with zero attached hydrogens (tertiary/aromatic N) is 5. The summed E-state index contributed by atoms with van der Waals surface area (Å²) in [6, 6.07) is 13.0. The van der Waals surface area contributed by atoms with Crippen molar-refractivity contribution in [2.24, 2.45) is 0 Å². The Morgan fingerprint density at radius 3 is 2.72 bits per heavy atom. The van der Waals surface area contributed by atoms with E-state index in [0.29, 0.717) is 24.8 Å². The third kappa shape index (κ3) is 2.97. The van der Waals surface area contributed by atoms with E-state index >= 15 is 0 Å². The minimum atomic E-state index is -0.0404. The molecule has 0 amide bonds. The number of rotatable bonds is 2. The van der Waals surface area contributed by atoms with Gasteiger partial charge < -0.3 is 14.2 Å². The molecule has 0 spiro atoms. The van der Waals surface area contributed by atoms with Crippen LogP contribution in [-0.4, -0.2) is 34.2 Å². The summed E-state index contributed by atoms with van der Waals surface area (Å²) in [5.41, 5.74) is 4.93. The van der Waals surface area contributed by atoms with Crippen molar-refractivity contribution in [3.63, 3.8) is 0 Å². The van der Waals surface area contributed by atoms with Crippen molar-refractivity contribution in [2.75, 3.05) is 24.6 Å². The first-order valence-corrected chi connectivity index (χ1v) is 10.2. The van der Waals surface area contributed by atoms with Crippen LogP contribution < -0.4 is 4.90 Å². The molecule has 1 saturated heterocycles. The van der Waals surface area contributed by atoms with Crippen molar-refractivity contribution >= 4 is 16.9 Å². The molecule has 4 heterocycles. The lowest BCUT2D eigenvalue weighted by Crippen LogP contribution is -2.49. The lowest BCUT2D eigenvalue weighted by molar-refractivity contribution is 0.109. The van der Waals surface area contributed by atoms with Crippen molar-refractivity contribution in [3.8, 4) is 6.07 Å². The highest BCUT2D eigenvalue weighted by molar-refractivity contribution is 5.76. The molecule has 29 heavy (non-hydrogen) atoms. The third-order valence-electron chi connectivity index (χ3n) is 5.83. The van der Waals surface area contributed by atoms with Gasteiger partial charge in [0.2, 0.25) is 0 Å². The highest BCUT2D eigenvalue weighted by Gasteiger charge is 2.36. The molecule has 6 nitrogen and oxygen atoms in total. The fourth-order valence-electron chi connectivity index (χ4n) is 4.33. The number of pyridine rings is 1. The molecule has 2 aliphatic heterocycles. The van der Waals surface area contributed by atoms with Gasteiger partial charge in [0, 0.05) is 30.5 Å². The van der Waals surface area contributed by atoms with Crippen LogP contribution in [0.4, 0.5) is 5.82 Å². The number of hydrogen-bond donors (Lipinski definition) is 0. The minimum absolute atomic E-state index is 0.0404. The van der Waals surface area contributed by atoms with E-state index in [9.17, 15) is 5.26 Å². The van der Waals surface area contributed by atoms with E-state index in [1.54, 1.807) is 0 Å². The smallest absolute Gasteiger partial charge is 0.146 e. The molecular formula is C23H25N5O. The fraction of sp³-hybridized carbons (Fsp3) is 0.435. The number of aromatic nitrogens is 3. The van der Waals surface area contributed by atoms with Crippen molar-refractivity contribution in [1.29, 1.82) is 5.26 Å². The largest absolute Gasteiger partial charge is 0.376 e. The van der Waals surface area contributed by atoms with Crippen LogP contribution in [0.15, 0.2) is 30.3 Å². The van der Waals surface area contributed by atoms with Gasteiger partial charge in [0.25, 0.3) is 0 Å². The van der Waals surface area contributed by atoms with Gasteiger partial charge in [0.05, 0.1) is 41.5 Å². The molecule has 3 aromatic rings. The number of benzene rings is 1. The normalized spacial score (nSPS) is 17.1. The summed E-state index contributed by atoms with van der Waals surface area (Å²) in [7, 11) is 0. The molecule has 2 aliphatic rings. The molecule has 0 saturated carbocycles. The Morgan fingerprint density at radius 1 is 1.17 bits per heavy atom. The van der Waals surface area contributed by atoms with E-state index in [1.165, 1.54) is 5.52 Å². The molecule has 2 aromatic heterocycles. The number of para-hydroxylation sites is 2. The van der Waals surface area contributed by atoms with Gasteiger partial charge >= 0.3 is 0 Å². The molecule has 1 aromatic carbocycles. The van der Waals surface area contributed by atoms with Crippen molar-refractivity contribution in [1.82, 2.24) is 14.5 Å². The van der Waals surface area contributed by atoms with Gasteiger partial charge in [-0.15, -0.1) is 0 Å². The van der Waals surface area contributed by atoms with E-state index in [4.69, 9.17) is 14.7 Å². The summed E-state index contributed by atoms with van der Waals surface area (Å²) in [6.07, 6.45) is 0.811. The molecule has 0 unspecified atom stereocenters. The van der Waals surface area contributed by atoms with Gasteiger partial charge in [-0.05, 0) is 18.2 Å². The highest BCUT2D eigenvalue weighted by atomic mass is 16.5. The Hall–Kier alpha value is -2.91. The maximum atomic E-state index is 9.66. The maximum absolute atomic E-state index is 9.66. The Balaban J connectivity index is 1.49.